The molecule has 78 valence electrons. The van der Waals surface area contributed by atoms with Gasteiger partial charge < -0.3 is 10.8 Å². The summed E-state index contributed by atoms with van der Waals surface area (Å²) in [7, 11) is 0. The fraction of sp³-hybridized carbons (Fsp3) is 0.167. The Kier molecular flexibility index (Phi) is 5.87. The molecule has 0 radical (unpaired) electrons. The van der Waals surface area contributed by atoms with Gasteiger partial charge in [0.2, 0.25) is 0 Å². The van der Waals surface area contributed by atoms with Crippen molar-refractivity contribution in [2.45, 2.75) is 0 Å². The standard InChI is InChI=1S/C6H12N6O2/c1-2-9-6(4(7)5(8)14)11-12-10-3-13/h2,7,10,12-13H,1,3H2,(H2,8,14)(H,9,11). The monoisotopic (exact) mass is 200 g/mol. The van der Waals surface area contributed by atoms with E-state index >= 15 is 0 Å². The van der Waals surface area contributed by atoms with E-state index in [1.807, 2.05) is 0 Å². The van der Waals surface area contributed by atoms with Gasteiger partial charge >= 0.3 is 0 Å². The summed E-state index contributed by atoms with van der Waals surface area (Å²) in [5, 5.41) is 15.5. The highest BCUT2D eigenvalue weighted by molar-refractivity contribution is 6.65. The van der Waals surface area contributed by atoms with Crippen LogP contribution < -0.4 is 22.1 Å². The highest BCUT2D eigenvalue weighted by Gasteiger charge is 2.11. The summed E-state index contributed by atoms with van der Waals surface area (Å²) < 4.78 is 0. The molecule has 0 aliphatic carbocycles. The number of aliphatic imine (C=N–C) groups is 1. The molecular weight excluding hydrogens is 188 g/mol. The number of carbonyl (C=O) groups excluding carboxylic acids is 1. The first-order valence-corrected chi connectivity index (χ1v) is 3.55. The first kappa shape index (κ1) is 12.2. The van der Waals surface area contributed by atoms with E-state index in [0.717, 1.165) is 6.20 Å². The van der Waals surface area contributed by atoms with E-state index in [0.29, 0.717) is 0 Å². The average Bonchev–Trinajstić information content (AvgIpc) is 2.15. The normalized spacial score (nSPS) is 10.8. The molecule has 0 spiro atoms. The minimum atomic E-state index is -0.927. The van der Waals surface area contributed by atoms with E-state index in [4.69, 9.17) is 16.2 Å². The van der Waals surface area contributed by atoms with E-state index in [1.54, 1.807) is 0 Å². The molecular formula is C6H12N6O2. The molecule has 14 heavy (non-hydrogen) atoms. The van der Waals surface area contributed by atoms with Crippen molar-refractivity contribution in [2.75, 3.05) is 6.73 Å². The molecule has 0 fully saturated rings. The van der Waals surface area contributed by atoms with Crippen LogP contribution in [-0.4, -0.2) is 29.3 Å². The summed E-state index contributed by atoms with van der Waals surface area (Å²) in [6.45, 7) is 2.96. The van der Waals surface area contributed by atoms with E-state index < -0.39 is 11.6 Å². The van der Waals surface area contributed by atoms with Crippen molar-refractivity contribution < 1.29 is 9.90 Å². The Hall–Kier alpha value is -1.77. The van der Waals surface area contributed by atoms with Gasteiger partial charge in [0.15, 0.2) is 11.5 Å². The number of carbonyl (C=O) groups is 1. The van der Waals surface area contributed by atoms with Crippen molar-refractivity contribution in [3.63, 3.8) is 0 Å². The smallest absolute Gasteiger partial charge is 0.270 e. The fourth-order valence-electron chi connectivity index (χ4n) is 0.510. The van der Waals surface area contributed by atoms with E-state index in [2.05, 4.69) is 28.0 Å². The largest absolute Gasteiger partial charge is 0.380 e. The Balaban J connectivity index is 4.30. The maximum atomic E-state index is 10.6. The van der Waals surface area contributed by atoms with E-state index in [-0.39, 0.29) is 12.6 Å². The van der Waals surface area contributed by atoms with Crippen LogP contribution in [0.25, 0.3) is 0 Å². The molecule has 0 bridgehead atoms. The van der Waals surface area contributed by atoms with Gasteiger partial charge in [-0.2, -0.15) is 5.53 Å². The van der Waals surface area contributed by atoms with Crippen molar-refractivity contribution in [3.05, 3.63) is 12.8 Å². The molecule has 0 rings (SSSR count). The predicted octanol–water partition coefficient (Wildman–Crippen LogP) is -2.42. The number of hydrazine groups is 2. The molecule has 7 N–H and O–H groups in total. The molecule has 0 aromatic rings. The van der Waals surface area contributed by atoms with Gasteiger partial charge in [-0.1, -0.05) is 6.58 Å². The minimum absolute atomic E-state index is 0.103. The van der Waals surface area contributed by atoms with Gasteiger partial charge in [0.1, 0.15) is 6.73 Å². The van der Waals surface area contributed by atoms with Crippen molar-refractivity contribution in [1.82, 2.24) is 16.4 Å². The minimum Gasteiger partial charge on any atom is -0.380 e. The highest BCUT2D eigenvalue weighted by atomic mass is 16.3. The molecule has 0 aliphatic rings. The topological polar surface area (TPSA) is 136 Å². The Labute approximate surface area is 80.3 Å². The zero-order valence-corrected chi connectivity index (χ0v) is 7.37. The maximum Gasteiger partial charge on any atom is 0.270 e. The molecule has 0 saturated carbocycles. The van der Waals surface area contributed by atoms with E-state index in [9.17, 15) is 4.79 Å². The van der Waals surface area contributed by atoms with Gasteiger partial charge in [-0.05, 0) is 0 Å². The number of nitrogens with two attached hydrogens (primary N) is 1. The Morgan fingerprint density at radius 2 is 2.36 bits per heavy atom. The number of amidine groups is 1. The Bertz CT molecular complexity index is 261. The first-order valence-electron chi connectivity index (χ1n) is 3.55. The second kappa shape index (κ2) is 6.71. The number of hydrogen-bond donors (Lipinski definition) is 6. The summed E-state index contributed by atoms with van der Waals surface area (Å²) in [5.41, 5.74) is 11.2. The van der Waals surface area contributed by atoms with Crippen molar-refractivity contribution >= 4 is 17.5 Å². The van der Waals surface area contributed by atoms with Gasteiger partial charge in [0.25, 0.3) is 5.91 Å². The zero-order valence-electron chi connectivity index (χ0n) is 7.37. The number of primary amides is 1. The second-order valence-electron chi connectivity index (χ2n) is 1.98. The van der Waals surface area contributed by atoms with Gasteiger partial charge in [-0.25, -0.2) is 10.4 Å². The molecule has 0 aliphatic heterocycles. The van der Waals surface area contributed by atoms with Crippen LogP contribution in [-0.2, 0) is 4.79 Å². The number of aliphatic hydroxyl groups is 1. The first-order chi connectivity index (χ1) is 6.63. The Morgan fingerprint density at radius 3 is 2.79 bits per heavy atom. The van der Waals surface area contributed by atoms with Crippen molar-refractivity contribution in [2.24, 2.45) is 10.7 Å². The molecule has 0 atom stereocenters. The quantitative estimate of drug-likeness (QED) is 0.0932. The van der Waals surface area contributed by atoms with Crippen LogP contribution in [0.1, 0.15) is 0 Å². The second-order valence-corrected chi connectivity index (χ2v) is 1.98. The molecule has 0 aromatic heterocycles. The van der Waals surface area contributed by atoms with Crippen LogP contribution in [0.3, 0.4) is 0 Å². The van der Waals surface area contributed by atoms with Crippen LogP contribution in [0.5, 0.6) is 0 Å². The number of rotatable bonds is 6. The van der Waals surface area contributed by atoms with Crippen molar-refractivity contribution in [3.8, 4) is 0 Å². The molecule has 0 saturated heterocycles. The zero-order chi connectivity index (χ0) is 11.0. The lowest BCUT2D eigenvalue weighted by Crippen LogP contribution is -2.51. The van der Waals surface area contributed by atoms with Crippen molar-refractivity contribution in [1.29, 1.82) is 5.41 Å². The highest BCUT2D eigenvalue weighted by Crippen LogP contribution is 1.78. The number of nitrogens with zero attached hydrogens (tertiary/aromatic N) is 1. The third-order valence-electron chi connectivity index (χ3n) is 1.05. The summed E-state index contributed by atoms with van der Waals surface area (Å²) in [6.07, 6.45) is 1.14. The molecule has 0 unspecified atom stereocenters. The predicted molar refractivity (Wildman–Crippen MR) is 51.0 cm³/mol. The lowest BCUT2D eigenvalue weighted by atomic mass is 10.3. The number of hydrogen-bond acceptors (Lipinski definition) is 6. The van der Waals surface area contributed by atoms with Gasteiger partial charge in [0, 0.05) is 6.20 Å². The summed E-state index contributed by atoms with van der Waals surface area (Å²) in [5.74, 6) is -1.03. The van der Waals surface area contributed by atoms with Crippen LogP contribution in [0.2, 0.25) is 0 Å². The molecule has 8 heteroatoms. The third kappa shape index (κ3) is 4.30. The van der Waals surface area contributed by atoms with Crippen LogP contribution in [0.4, 0.5) is 0 Å². The summed E-state index contributed by atoms with van der Waals surface area (Å²) in [6, 6.07) is 0. The molecule has 8 nitrogen and oxygen atoms in total. The Morgan fingerprint density at radius 1 is 1.71 bits per heavy atom. The maximum absolute atomic E-state index is 10.6. The number of nitrogens with one attached hydrogen (secondary N) is 4. The van der Waals surface area contributed by atoms with Gasteiger partial charge in [-0.3, -0.25) is 15.6 Å². The summed E-state index contributed by atoms with van der Waals surface area (Å²) in [4.78, 5) is 14.2. The molecule has 0 aromatic carbocycles. The number of amides is 1. The SMILES string of the molecule is C=CN=C(NNNCO)C(=N)C(N)=O. The number of aliphatic hydroxyl groups excluding tert-OH is 1. The lowest BCUT2D eigenvalue weighted by molar-refractivity contribution is -0.111. The van der Waals surface area contributed by atoms with Gasteiger partial charge in [0.05, 0.1) is 0 Å². The summed E-state index contributed by atoms with van der Waals surface area (Å²) >= 11 is 0. The molecule has 1 amide bonds. The van der Waals surface area contributed by atoms with Gasteiger partial charge in [-0.15, -0.1) is 0 Å². The fourth-order valence-corrected chi connectivity index (χ4v) is 0.510. The van der Waals surface area contributed by atoms with Crippen LogP contribution in [0.15, 0.2) is 17.8 Å². The third-order valence-corrected chi connectivity index (χ3v) is 1.05. The average molecular weight is 200 g/mol. The van der Waals surface area contributed by atoms with Crippen LogP contribution in [0, 0.1) is 5.41 Å². The van der Waals surface area contributed by atoms with Crippen LogP contribution >= 0.6 is 0 Å². The van der Waals surface area contributed by atoms with E-state index in [1.165, 1.54) is 0 Å². The molecule has 0 heterocycles. The lowest BCUT2D eigenvalue weighted by Gasteiger charge is -2.09.